The van der Waals surface area contributed by atoms with Crippen LogP contribution >= 0.6 is 11.3 Å². The van der Waals surface area contributed by atoms with Crippen molar-refractivity contribution in [1.29, 1.82) is 0 Å². The molecule has 1 aromatic heterocycles. The third-order valence-electron chi connectivity index (χ3n) is 17.0. The molecule has 0 N–H and O–H groups in total. The summed E-state index contributed by atoms with van der Waals surface area (Å²) in [5.41, 5.74) is 22.4. The first-order valence-corrected chi connectivity index (χ1v) is 29.2. The van der Waals surface area contributed by atoms with Gasteiger partial charge < -0.3 is 29.2 Å². The lowest BCUT2D eigenvalue weighted by Gasteiger charge is -2.45. The Morgan fingerprint density at radius 3 is 1.29 bits per heavy atom. The zero-order valence-electron chi connectivity index (χ0n) is 45.0. The van der Waals surface area contributed by atoms with Gasteiger partial charge in [0.15, 0.2) is 0 Å². The maximum atomic E-state index is 7.71. The lowest BCUT2D eigenvalue weighted by molar-refractivity contribution is 0.488. The fourth-order valence-corrected chi connectivity index (χ4v) is 14.9. The van der Waals surface area contributed by atoms with Crippen LogP contribution in [0.5, 0.6) is 11.5 Å². The van der Waals surface area contributed by atoms with Gasteiger partial charge in [0.2, 0.25) is 0 Å². The molecule has 83 heavy (non-hydrogen) atoms. The molecule has 5 heterocycles. The van der Waals surface area contributed by atoms with Gasteiger partial charge in [0.05, 0.1) is 17.1 Å². The fourth-order valence-electron chi connectivity index (χ4n) is 13.6. The van der Waals surface area contributed by atoms with E-state index in [9.17, 15) is 0 Å². The first-order chi connectivity index (χ1) is 41.2. The second kappa shape index (κ2) is 19.1. The highest BCUT2D eigenvalue weighted by atomic mass is 32.1. The van der Waals surface area contributed by atoms with E-state index in [0.29, 0.717) is 0 Å². The Morgan fingerprint density at radius 2 is 0.735 bits per heavy atom. The van der Waals surface area contributed by atoms with E-state index in [0.717, 1.165) is 102 Å². The summed E-state index contributed by atoms with van der Waals surface area (Å²) >= 11 is 1.92. The van der Waals surface area contributed by atoms with Crippen molar-refractivity contribution in [2.45, 2.75) is 0 Å². The first kappa shape index (κ1) is 47.3. The number of rotatable bonds is 9. The molecule has 0 spiro atoms. The average molecular weight is 1080 g/mol. The van der Waals surface area contributed by atoms with E-state index >= 15 is 0 Å². The van der Waals surface area contributed by atoms with E-state index in [4.69, 9.17) is 4.74 Å². The van der Waals surface area contributed by atoms with Gasteiger partial charge in [-0.2, -0.15) is 0 Å². The van der Waals surface area contributed by atoms with Crippen molar-refractivity contribution in [2.24, 2.45) is 0 Å². The molecule has 13 aromatic rings. The van der Waals surface area contributed by atoms with Crippen LogP contribution in [0.2, 0.25) is 0 Å². The molecule has 17 rings (SSSR count). The van der Waals surface area contributed by atoms with Gasteiger partial charge in [-0.25, -0.2) is 0 Å². The Kier molecular flexibility index (Phi) is 10.9. The lowest BCUT2D eigenvalue weighted by atomic mass is 9.31. The van der Waals surface area contributed by atoms with Gasteiger partial charge in [-0.15, -0.1) is 11.3 Å². The molecule has 6 nitrogen and oxygen atoms in total. The summed E-state index contributed by atoms with van der Waals surface area (Å²) in [4.78, 5) is 12.3. The van der Waals surface area contributed by atoms with Crippen LogP contribution in [0.25, 0.3) is 10.1 Å². The normalized spacial score (nSPS) is 13.0. The second-order valence-corrected chi connectivity index (χ2v) is 22.7. The maximum Gasteiger partial charge on any atom is 0.264 e. The van der Waals surface area contributed by atoms with Crippen LogP contribution < -0.4 is 61.3 Å². The topological polar surface area (TPSA) is 25.4 Å². The van der Waals surface area contributed by atoms with Crippen LogP contribution in [-0.2, 0) is 0 Å². The Hall–Kier alpha value is -10.5. The molecule has 9 heteroatoms. The molecule has 0 fully saturated rings. The van der Waals surface area contributed by atoms with Crippen molar-refractivity contribution in [2.75, 3.05) is 24.5 Å². The summed E-state index contributed by atoms with van der Waals surface area (Å²) in [7, 11) is 0. The summed E-state index contributed by atoms with van der Waals surface area (Å²) in [5, 5.41) is 1.24. The summed E-state index contributed by atoms with van der Waals surface area (Å²) < 4.78 is 10.3. The standard InChI is InChI=1S/C74H49B2N5OS/c1-8-26-50(27-9-1)77(51-28-10-2-11-29-51)57-44-65-71-66(45-57)81(56-38-20-7-21-39-56)73-59-40-22-25-43-70(59)83-74(73)76(71)61-48-62-68(49-64(61)80(65)55-36-18-6-19-37-55)82-69-47-58(78(52-30-12-3-13-31-52)53-32-14-4-15-33-53)46-67-72(69)75(62)60-41-23-24-42-63(60)79(67)54-34-16-5-17-35-54/h1-49H. The molecule has 4 aliphatic rings. The van der Waals surface area contributed by atoms with Crippen molar-refractivity contribution in [3.8, 4) is 11.5 Å². The Labute approximate surface area is 487 Å². The predicted octanol–water partition coefficient (Wildman–Crippen LogP) is 16.3. The van der Waals surface area contributed by atoms with Gasteiger partial charge >= 0.3 is 0 Å². The largest absolute Gasteiger partial charge is 0.458 e. The lowest BCUT2D eigenvalue weighted by Crippen LogP contribution is -2.64. The number of para-hydroxylation sites is 8. The highest BCUT2D eigenvalue weighted by Gasteiger charge is 2.49. The first-order valence-electron chi connectivity index (χ1n) is 28.4. The van der Waals surface area contributed by atoms with Gasteiger partial charge in [-0.05, 0) is 143 Å². The van der Waals surface area contributed by atoms with E-state index in [1.807, 2.05) is 11.3 Å². The average Bonchev–Trinajstić information content (AvgIpc) is 1.83. The van der Waals surface area contributed by atoms with Crippen LogP contribution in [0.3, 0.4) is 0 Å². The molecule has 0 atom stereocenters. The summed E-state index contributed by atoms with van der Waals surface area (Å²) in [5.74, 6) is 1.67. The third-order valence-corrected chi connectivity index (χ3v) is 18.2. The van der Waals surface area contributed by atoms with E-state index in [2.05, 4.69) is 322 Å². The Morgan fingerprint density at radius 1 is 0.301 bits per heavy atom. The molecule has 0 bridgehead atoms. The minimum atomic E-state index is -0.161. The molecular formula is C74H49B2N5OS. The number of ether oxygens (including phenoxy) is 1. The van der Waals surface area contributed by atoms with Crippen LogP contribution in [0.15, 0.2) is 297 Å². The number of fused-ring (bicyclic) bond motifs is 10. The van der Waals surface area contributed by atoms with E-state index < -0.39 is 0 Å². The molecule has 0 radical (unpaired) electrons. The number of hydrogen-bond acceptors (Lipinski definition) is 7. The molecule has 0 aliphatic carbocycles. The fraction of sp³-hybridized carbons (Fsp3) is 0. The van der Waals surface area contributed by atoms with E-state index in [1.165, 1.54) is 36.9 Å². The molecule has 0 unspecified atom stereocenters. The number of benzene rings is 12. The highest BCUT2D eigenvalue weighted by molar-refractivity contribution is 7.33. The van der Waals surface area contributed by atoms with Crippen molar-refractivity contribution in [3.05, 3.63) is 297 Å². The highest BCUT2D eigenvalue weighted by Crippen LogP contribution is 2.52. The number of thiophene rings is 1. The molecule has 388 valence electrons. The number of nitrogens with zero attached hydrogens (tertiary/aromatic N) is 5. The van der Waals surface area contributed by atoms with Crippen molar-refractivity contribution < 1.29 is 4.74 Å². The smallest absolute Gasteiger partial charge is 0.264 e. The second-order valence-electron chi connectivity index (χ2n) is 21.6. The van der Waals surface area contributed by atoms with Gasteiger partial charge in [0.1, 0.15) is 11.5 Å². The van der Waals surface area contributed by atoms with Crippen molar-refractivity contribution in [3.63, 3.8) is 0 Å². The van der Waals surface area contributed by atoms with Gasteiger partial charge in [-0.3, -0.25) is 0 Å². The SMILES string of the molecule is c1ccc(N(c2ccccc2)c2cc3c4c(c2)N(c2ccccc2)c2ccccc2B4c2cc4c(cc2O3)N(c2ccccc2)c2cc(N(c3ccccc3)c3ccccc3)cc3c2B4c2sc4ccccc4c2N3c2ccccc2)cc1. The molecule has 12 aromatic carbocycles. The Bertz CT molecular complexity index is 4550. The zero-order valence-corrected chi connectivity index (χ0v) is 45.8. The van der Waals surface area contributed by atoms with Crippen LogP contribution in [-0.4, -0.2) is 13.4 Å². The number of hydrogen-bond donors (Lipinski definition) is 0. The van der Waals surface area contributed by atoms with Gasteiger partial charge in [-0.1, -0.05) is 170 Å². The van der Waals surface area contributed by atoms with Gasteiger partial charge in [0, 0.05) is 95.2 Å². The summed E-state index contributed by atoms with van der Waals surface area (Å²) in [6.07, 6.45) is 0. The van der Waals surface area contributed by atoms with Crippen LogP contribution in [0, 0.1) is 0 Å². The maximum absolute atomic E-state index is 7.71. The molecule has 0 saturated carbocycles. The van der Waals surface area contributed by atoms with Crippen molar-refractivity contribution in [1.82, 2.24) is 0 Å². The molecule has 4 aliphatic heterocycles. The van der Waals surface area contributed by atoms with Crippen LogP contribution in [0.1, 0.15) is 0 Å². The third kappa shape index (κ3) is 7.44. The van der Waals surface area contributed by atoms with E-state index in [1.54, 1.807) is 0 Å². The van der Waals surface area contributed by atoms with Crippen LogP contribution in [0.4, 0.5) is 85.3 Å². The van der Waals surface area contributed by atoms with Crippen molar-refractivity contribution >= 4 is 152 Å². The minimum Gasteiger partial charge on any atom is -0.458 e. The quantitative estimate of drug-likeness (QED) is 0.134. The monoisotopic (exact) mass is 1080 g/mol. The minimum absolute atomic E-state index is 0.142. The molecule has 0 saturated heterocycles. The zero-order chi connectivity index (χ0) is 54.5. The Balaban J connectivity index is 0.966. The van der Waals surface area contributed by atoms with Gasteiger partial charge in [0.25, 0.3) is 13.4 Å². The summed E-state index contributed by atoms with van der Waals surface area (Å²) in [6, 6.07) is 108. The molecular weight excluding hydrogens is 1030 g/mol. The number of anilines is 15. The predicted molar refractivity (Wildman–Crippen MR) is 351 cm³/mol. The van der Waals surface area contributed by atoms with E-state index in [-0.39, 0.29) is 13.4 Å². The summed E-state index contributed by atoms with van der Waals surface area (Å²) in [6.45, 7) is -0.303. The molecule has 0 amide bonds.